The van der Waals surface area contributed by atoms with Crippen molar-refractivity contribution in [2.24, 2.45) is 0 Å². The Morgan fingerprint density at radius 2 is 2.00 bits per heavy atom. The smallest absolute Gasteiger partial charge is 0.233 e. The number of hydrogen-bond acceptors (Lipinski definition) is 3. The summed E-state index contributed by atoms with van der Waals surface area (Å²) in [5, 5.41) is 9.13. The molecule has 3 nitrogen and oxygen atoms in total. The van der Waals surface area contributed by atoms with Crippen molar-refractivity contribution in [2.75, 3.05) is 6.61 Å². The van der Waals surface area contributed by atoms with E-state index in [9.17, 15) is 0 Å². The van der Waals surface area contributed by atoms with Crippen molar-refractivity contribution >= 4 is 11.6 Å². The minimum atomic E-state index is 0.282. The zero-order chi connectivity index (χ0) is 13.5. The Hall–Kier alpha value is -2.05. The lowest BCUT2D eigenvalue weighted by atomic mass is 10.1. The van der Waals surface area contributed by atoms with E-state index in [0.29, 0.717) is 18.1 Å². The molecule has 0 saturated heterocycles. The summed E-state index contributed by atoms with van der Waals surface area (Å²) >= 11 is 5.99. The Morgan fingerprint density at radius 3 is 2.74 bits per heavy atom. The fraction of sp³-hybridized carbons (Fsp3) is 0.200. The first kappa shape index (κ1) is 13.4. The van der Waals surface area contributed by atoms with Crippen LogP contribution in [0.1, 0.15) is 17.5 Å². The SMILES string of the molecule is N#Cc1ccnc(OCCCc2ccccc2)c1Cl. The summed E-state index contributed by atoms with van der Waals surface area (Å²) < 4.78 is 5.51. The van der Waals surface area contributed by atoms with Crippen molar-refractivity contribution in [3.05, 3.63) is 58.7 Å². The van der Waals surface area contributed by atoms with Crippen LogP contribution in [0.25, 0.3) is 0 Å². The fourth-order valence-corrected chi connectivity index (χ4v) is 1.91. The third-order valence-corrected chi connectivity index (χ3v) is 3.03. The standard InChI is InChI=1S/C15H13ClN2O/c16-14-13(11-17)8-9-18-15(14)19-10-4-7-12-5-2-1-3-6-12/h1-3,5-6,8-9H,4,7,10H2. The van der Waals surface area contributed by atoms with Gasteiger partial charge in [-0.25, -0.2) is 4.98 Å². The van der Waals surface area contributed by atoms with Gasteiger partial charge in [-0.3, -0.25) is 0 Å². The lowest BCUT2D eigenvalue weighted by Gasteiger charge is -2.07. The predicted octanol–water partition coefficient (Wildman–Crippen LogP) is 3.62. The van der Waals surface area contributed by atoms with E-state index in [1.165, 1.54) is 11.8 Å². The molecule has 0 bridgehead atoms. The van der Waals surface area contributed by atoms with Crippen LogP contribution < -0.4 is 4.74 Å². The topological polar surface area (TPSA) is 45.9 Å². The molecular weight excluding hydrogens is 260 g/mol. The van der Waals surface area contributed by atoms with E-state index < -0.39 is 0 Å². The molecule has 0 atom stereocenters. The predicted molar refractivity (Wildman–Crippen MR) is 74.2 cm³/mol. The number of rotatable bonds is 5. The molecule has 0 amide bonds. The van der Waals surface area contributed by atoms with Gasteiger partial charge in [-0.15, -0.1) is 0 Å². The van der Waals surface area contributed by atoms with E-state index in [1.54, 1.807) is 6.07 Å². The summed E-state index contributed by atoms with van der Waals surface area (Å²) in [5.41, 5.74) is 1.66. The molecular formula is C15H13ClN2O. The molecule has 1 aromatic heterocycles. The average Bonchev–Trinajstić information content (AvgIpc) is 2.46. The monoisotopic (exact) mass is 272 g/mol. The first-order valence-corrected chi connectivity index (χ1v) is 6.40. The van der Waals surface area contributed by atoms with Gasteiger partial charge in [0.25, 0.3) is 0 Å². The molecule has 1 aromatic carbocycles. The summed E-state index contributed by atoms with van der Waals surface area (Å²) in [6, 6.07) is 13.8. The quantitative estimate of drug-likeness (QED) is 0.781. The van der Waals surface area contributed by atoms with E-state index in [-0.39, 0.29) is 5.02 Å². The molecule has 0 N–H and O–H groups in total. The van der Waals surface area contributed by atoms with Crippen LogP contribution >= 0.6 is 11.6 Å². The number of pyridine rings is 1. The minimum Gasteiger partial charge on any atom is -0.477 e. The highest BCUT2D eigenvalue weighted by molar-refractivity contribution is 6.32. The number of aryl methyl sites for hydroxylation is 1. The van der Waals surface area contributed by atoms with Gasteiger partial charge < -0.3 is 4.74 Å². The molecule has 19 heavy (non-hydrogen) atoms. The fourth-order valence-electron chi connectivity index (χ4n) is 1.70. The van der Waals surface area contributed by atoms with Gasteiger partial charge in [0.1, 0.15) is 11.1 Å². The molecule has 4 heteroatoms. The van der Waals surface area contributed by atoms with E-state index in [4.69, 9.17) is 21.6 Å². The Morgan fingerprint density at radius 1 is 1.21 bits per heavy atom. The summed E-state index contributed by atoms with van der Waals surface area (Å²) in [6.07, 6.45) is 3.34. The zero-order valence-corrected chi connectivity index (χ0v) is 11.1. The average molecular weight is 273 g/mol. The highest BCUT2D eigenvalue weighted by Gasteiger charge is 2.07. The molecule has 0 radical (unpaired) electrons. The third-order valence-electron chi connectivity index (χ3n) is 2.67. The van der Waals surface area contributed by atoms with E-state index in [0.717, 1.165) is 12.8 Å². The van der Waals surface area contributed by atoms with Crippen LogP contribution in [-0.2, 0) is 6.42 Å². The lowest BCUT2D eigenvalue weighted by molar-refractivity contribution is 0.299. The highest BCUT2D eigenvalue weighted by Crippen LogP contribution is 2.24. The maximum Gasteiger partial charge on any atom is 0.233 e. The second-order valence-electron chi connectivity index (χ2n) is 4.03. The van der Waals surface area contributed by atoms with Crippen LogP contribution in [0.3, 0.4) is 0 Å². The number of nitrogens with zero attached hydrogens (tertiary/aromatic N) is 2. The second kappa shape index (κ2) is 6.77. The summed E-state index contributed by atoms with van der Waals surface area (Å²) in [5.74, 6) is 0.328. The first-order chi connectivity index (χ1) is 9.31. The highest BCUT2D eigenvalue weighted by atomic mass is 35.5. The van der Waals surface area contributed by atoms with Gasteiger partial charge >= 0.3 is 0 Å². The van der Waals surface area contributed by atoms with Crippen LogP contribution in [0.4, 0.5) is 0 Å². The van der Waals surface area contributed by atoms with E-state index in [1.807, 2.05) is 24.3 Å². The number of benzene rings is 1. The van der Waals surface area contributed by atoms with Gasteiger partial charge in [-0.05, 0) is 24.5 Å². The van der Waals surface area contributed by atoms with Gasteiger partial charge in [0.2, 0.25) is 5.88 Å². The molecule has 0 saturated carbocycles. The maximum absolute atomic E-state index is 8.85. The Bertz CT molecular complexity index is 578. The molecule has 0 unspecified atom stereocenters. The Balaban J connectivity index is 1.85. The van der Waals surface area contributed by atoms with Gasteiger partial charge in [0.05, 0.1) is 12.2 Å². The number of aromatic nitrogens is 1. The first-order valence-electron chi connectivity index (χ1n) is 6.02. The molecule has 96 valence electrons. The van der Waals surface area contributed by atoms with Gasteiger partial charge in [-0.2, -0.15) is 5.26 Å². The molecule has 2 rings (SSSR count). The third kappa shape index (κ3) is 3.70. The summed E-state index contributed by atoms with van der Waals surface area (Å²) in [4.78, 5) is 4.03. The van der Waals surface area contributed by atoms with Crippen LogP contribution in [0.15, 0.2) is 42.6 Å². The maximum atomic E-state index is 8.85. The molecule has 0 fully saturated rings. The molecule has 0 aliphatic heterocycles. The molecule has 0 spiro atoms. The van der Waals surface area contributed by atoms with Crippen LogP contribution in [0, 0.1) is 11.3 Å². The summed E-state index contributed by atoms with van der Waals surface area (Å²) in [7, 11) is 0. The van der Waals surface area contributed by atoms with Crippen molar-refractivity contribution < 1.29 is 4.74 Å². The Kier molecular flexibility index (Phi) is 4.77. The van der Waals surface area contributed by atoms with Crippen molar-refractivity contribution in [1.82, 2.24) is 4.98 Å². The van der Waals surface area contributed by atoms with Crippen molar-refractivity contribution in [3.8, 4) is 11.9 Å². The van der Waals surface area contributed by atoms with Gasteiger partial charge in [0.15, 0.2) is 0 Å². The van der Waals surface area contributed by atoms with Crippen molar-refractivity contribution in [1.29, 1.82) is 5.26 Å². The van der Waals surface area contributed by atoms with E-state index in [2.05, 4.69) is 17.1 Å². The second-order valence-corrected chi connectivity index (χ2v) is 4.41. The molecule has 2 aromatic rings. The molecule has 0 aliphatic rings. The Labute approximate surface area is 117 Å². The number of hydrogen-bond donors (Lipinski definition) is 0. The van der Waals surface area contributed by atoms with Crippen molar-refractivity contribution in [2.45, 2.75) is 12.8 Å². The van der Waals surface area contributed by atoms with Crippen LogP contribution in [0.2, 0.25) is 5.02 Å². The normalized spacial score (nSPS) is 9.89. The van der Waals surface area contributed by atoms with Gasteiger partial charge in [-0.1, -0.05) is 41.9 Å². The number of nitriles is 1. The van der Waals surface area contributed by atoms with Crippen LogP contribution in [0.5, 0.6) is 5.88 Å². The lowest BCUT2D eigenvalue weighted by Crippen LogP contribution is -2.02. The zero-order valence-electron chi connectivity index (χ0n) is 10.3. The van der Waals surface area contributed by atoms with E-state index >= 15 is 0 Å². The minimum absolute atomic E-state index is 0.282. The largest absolute Gasteiger partial charge is 0.477 e. The number of ether oxygens (including phenoxy) is 1. The summed E-state index contributed by atoms with van der Waals surface area (Å²) in [6.45, 7) is 0.524. The molecule has 1 heterocycles. The van der Waals surface area contributed by atoms with Crippen LogP contribution in [-0.4, -0.2) is 11.6 Å². The number of halogens is 1. The molecule has 0 aliphatic carbocycles. The van der Waals surface area contributed by atoms with Gasteiger partial charge in [0, 0.05) is 6.20 Å². The van der Waals surface area contributed by atoms with Crippen molar-refractivity contribution in [3.63, 3.8) is 0 Å².